The first-order chi connectivity index (χ1) is 8.62. The number of amides is 1. The molecule has 1 heterocycles. The van der Waals surface area contributed by atoms with Crippen LogP contribution in [0.3, 0.4) is 0 Å². The van der Waals surface area contributed by atoms with Crippen LogP contribution in [0, 0.1) is 11.3 Å². The van der Waals surface area contributed by atoms with Crippen molar-refractivity contribution in [2.24, 2.45) is 11.3 Å². The number of hydrogen-bond acceptors (Lipinski definition) is 3. The van der Waals surface area contributed by atoms with Crippen molar-refractivity contribution in [3.8, 4) is 0 Å². The van der Waals surface area contributed by atoms with Gasteiger partial charge >= 0.3 is 17.5 Å². The highest BCUT2D eigenvalue weighted by atomic mass is 32.2. The summed E-state index contributed by atoms with van der Waals surface area (Å²) in [5.41, 5.74) is -0.171. The summed E-state index contributed by atoms with van der Waals surface area (Å²) in [6.45, 7) is 8.21. The molecule has 0 aliphatic carbocycles. The highest BCUT2D eigenvalue weighted by Gasteiger charge is 2.40. The largest absolute Gasteiger partial charge is 0.465 e. The molecule has 1 saturated heterocycles. The van der Waals surface area contributed by atoms with E-state index in [4.69, 9.17) is 8.74 Å². The van der Waals surface area contributed by atoms with Gasteiger partial charge in [-0.25, -0.2) is 4.79 Å². The van der Waals surface area contributed by atoms with Gasteiger partial charge in [0.25, 0.3) is 0 Å². The van der Waals surface area contributed by atoms with E-state index in [2.05, 4.69) is 0 Å². The van der Waals surface area contributed by atoms with E-state index in [9.17, 15) is 14.1 Å². The topological polar surface area (TPSA) is 87.1 Å². The molecule has 1 fully saturated rings. The Morgan fingerprint density at radius 2 is 2.05 bits per heavy atom. The second-order valence-corrected chi connectivity index (χ2v) is 6.79. The molecule has 1 amide bonds. The van der Waals surface area contributed by atoms with E-state index in [0.29, 0.717) is 19.4 Å². The fraction of sp³-hybridized carbons (Fsp3) is 0.917. The van der Waals surface area contributed by atoms with E-state index in [1.807, 2.05) is 20.8 Å². The first-order valence-corrected chi connectivity index (χ1v) is 7.43. The van der Waals surface area contributed by atoms with Gasteiger partial charge in [0.2, 0.25) is 0 Å². The molecule has 0 saturated carbocycles. The van der Waals surface area contributed by atoms with E-state index >= 15 is 0 Å². The van der Waals surface area contributed by atoms with Crippen molar-refractivity contribution < 1.29 is 22.8 Å². The molecule has 0 aromatic carbocycles. The van der Waals surface area contributed by atoms with Gasteiger partial charge in [-0.2, -0.15) is 4.21 Å². The molecule has 1 aliphatic heterocycles. The molecule has 0 aromatic heterocycles. The van der Waals surface area contributed by atoms with Crippen LogP contribution in [0.1, 0.15) is 40.5 Å². The Hall–Kier alpha value is -0.660. The quantitative estimate of drug-likeness (QED) is 0.780. The Kier molecular flexibility index (Phi) is 5.34. The smallest absolute Gasteiger partial charge is 0.407 e. The van der Waals surface area contributed by atoms with Gasteiger partial charge in [0.1, 0.15) is 0 Å². The summed E-state index contributed by atoms with van der Waals surface area (Å²) in [6, 6.07) is -0.109. The lowest BCUT2D eigenvalue weighted by molar-refractivity contribution is 0.0132. The van der Waals surface area contributed by atoms with Crippen molar-refractivity contribution >= 4 is 17.5 Å². The van der Waals surface area contributed by atoms with Gasteiger partial charge in [-0.1, -0.05) is 20.8 Å². The van der Waals surface area contributed by atoms with Crippen LogP contribution in [0.4, 0.5) is 4.79 Å². The zero-order chi connectivity index (χ0) is 14.8. The van der Waals surface area contributed by atoms with Gasteiger partial charge in [0, 0.05) is 12.6 Å². The van der Waals surface area contributed by atoms with Gasteiger partial charge in [0.15, 0.2) is 0 Å². The summed E-state index contributed by atoms with van der Waals surface area (Å²) in [4.78, 5) is 12.7. The van der Waals surface area contributed by atoms with E-state index in [0.717, 1.165) is 0 Å². The maximum Gasteiger partial charge on any atom is 0.407 e. The van der Waals surface area contributed by atoms with Gasteiger partial charge in [-0.05, 0) is 31.1 Å². The monoisotopic (exact) mass is 293 g/mol. The molecule has 0 radical (unpaired) electrons. The number of carboxylic acid groups (broad SMARTS) is 1. The molecule has 19 heavy (non-hydrogen) atoms. The lowest BCUT2D eigenvalue weighted by Gasteiger charge is -2.45. The standard InChI is InChI=1S/C12H23NO5S/c1-8(18-19(16)17)9-5-6-13(11(14)15)10(7-9)12(2,3)4/h8-10H,5-7H2,1-4H3,(H,14,15)(H,16,17). The number of hydrogen-bond donors (Lipinski definition) is 2. The maximum atomic E-state index is 11.3. The number of likely N-dealkylation sites (tertiary alicyclic amines) is 1. The van der Waals surface area contributed by atoms with Crippen LogP contribution in [-0.4, -0.2) is 43.6 Å². The average Bonchev–Trinajstić information content (AvgIpc) is 2.25. The van der Waals surface area contributed by atoms with Crippen LogP contribution < -0.4 is 0 Å². The van der Waals surface area contributed by atoms with Crippen LogP contribution in [0.25, 0.3) is 0 Å². The number of nitrogens with zero attached hydrogens (tertiary/aromatic N) is 1. The summed E-state index contributed by atoms with van der Waals surface area (Å²) >= 11 is -2.28. The molecule has 2 N–H and O–H groups in total. The Morgan fingerprint density at radius 1 is 1.47 bits per heavy atom. The molecule has 112 valence electrons. The second-order valence-electron chi connectivity index (χ2n) is 6.16. The fourth-order valence-electron chi connectivity index (χ4n) is 2.68. The molecular formula is C12H23NO5S. The Labute approximate surface area is 116 Å². The van der Waals surface area contributed by atoms with E-state index in [1.54, 1.807) is 6.92 Å². The molecule has 1 aliphatic rings. The second kappa shape index (κ2) is 6.19. The molecule has 1 rings (SSSR count). The first kappa shape index (κ1) is 16.4. The van der Waals surface area contributed by atoms with Crippen LogP contribution >= 0.6 is 0 Å². The highest BCUT2D eigenvalue weighted by molar-refractivity contribution is 7.74. The molecular weight excluding hydrogens is 270 g/mol. The summed E-state index contributed by atoms with van der Waals surface area (Å²) in [5, 5.41) is 9.25. The predicted molar refractivity (Wildman–Crippen MR) is 72.0 cm³/mol. The predicted octanol–water partition coefficient (Wildman–Crippen LogP) is 2.33. The van der Waals surface area contributed by atoms with Crippen LogP contribution in [0.2, 0.25) is 0 Å². The zero-order valence-electron chi connectivity index (χ0n) is 11.8. The lowest BCUT2D eigenvalue weighted by Crippen LogP contribution is -2.53. The summed E-state index contributed by atoms with van der Waals surface area (Å²) < 4.78 is 24.4. The molecule has 0 aromatic rings. The van der Waals surface area contributed by atoms with Crippen molar-refractivity contribution in [1.82, 2.24) is 4.90 Å². The molecule has 0 spiro atoms. The van der Waals surface area contributed by atoms with Crippen LogP contribution in [0.15, 0.2) is 0 Å². The number of carbonyl (C=O) groups is 1. The Bertz CT molecular complexity index is 355. The van der Waals surface area contributed by atoms with Gasteiger partial charge in [-0.15, -0.1) is 0 Å². The van der Waals surface area contributed by atoms with Crippen molar-refractivity contribution in [2.75, 3.05) is 6.54 Å². The zero-order valence-corrected chi connectivity index (χ0v) is 12.6. The van der Waals surface area contributed by atoms with Gasteiger partial charge in [-0.3, -0.25) is 8.74 Å². The van der Waals surface area contributed by atoms with E-state index in [-0.39, 0.29) is 23.5 Å². The minimum Gasteiger partial charge on any atom is -0.465 e. The van der Waals surface area contributed by atoms with Crippen LogP contribution in [-0.2, 0) is 15.5 Å². The third-order valence-electron chi connectivity index (χ3n) is 3.79. The third kappa shape index (κ3) is 4.43. The third-order valence-corrected chi connectivity index (χ3v) is 4.25. The van der Waals surface area contributed by atoms with Crippen molar-refractivity contribution in [1.29, 1.82) is 0 Å². The minimum absolute atomic E-state index is 0.0934. The van der Waals surface area contributed by atoms with Crippen molar-refractivity contribution in [2.45, 2.75) is 52.7 Å². The first-order valence-electron chi connectivity index (χ1n) is 6.40. The minimum atomic E-state index is -2.28. The maximum absolute atomic E-state index is 11.3. The highest BCUT2D eigenvalue weighted by Crippen LogP contribution is 2.36. The summed E-state index contributed by atoms with van der Waals surface area (Å²) in [7, 11) is 0. The molecule has 7 heteroatoms. The van der Waals surface area contributed by atoms with E-state index < -0.39 is 17.5 Å². The molecule has 4 atom stereocenters. The summed E-state index contributed by atoms with van der Waals surface area (Å²) in [5.74, 6) is 0.0934. The molecule has 4 unspecified atom stereocenters. The SMILES string of the molecule is CC(OS(=O)O)C1CCN(C(=O)O)C(C(C)(C)C)C1. The van der Waals surface area contributed by atoms with Crippen molar-refractivity contribution in [3.05, 3.63) is 0 Å². The molecule has 0 bridgehead atoms. The van der Waals surface area contributed by atoms with E-state index in [1.165, 1.54) is 4.90 Å². The van der Waals surface area contributed by atoms with Crippen LogP contribution in [0.5, 0.6) is 0 Å². The molecule has 6 nitrogen and oxygen atoms in total. The van der Waals surface area contributed by atoms with Crippen molar-refractivity contribution in [3.63, 3.8) is 0 Å². The Balaban J connectivity index is 2.79. The number of rotatable bonds is 3. The van der Waals surface area contributed by atoms with Gasteiger partial charge < -0.3 is 10.0 Å². The lowest BCUT2D eigenvalue weighted by atomic mass is 9.76. The summed E-state index contributed by atoms with van der Waals surface area (Å²) in [6.07, 6.45) is 0.0371. The fourth-order valence-corrected chi connectivity index (χ4v) is 3.09. The van der Waals surface area contributed by atoms with Gasteiger partial charge in [0.05, 0.1) is 6.10 Å². The average molecular weight is 293 g/mol. The Morgan fingerprint density at radius 3 is 2.47 bits per heavy atom. The number of piperidine rings is 1. The normalized spacial score (nSPS) is 27.9.